The van der Waals surface area contributed by atoms with Crippen molar-refractivity contribution in [2.24, 2.45) is 11.7 Å². The molecule has 1 aromatic carbocycles. The van der Waals surface area contributed by atoms with Crippen molar-refractivity contribution < 1.29 is 14.3 Å². The zero-order valence-electron chi connectivity index (χ0n) is 13.9. The van der Waals surface area contributed by atoms with E-state index in [0.29, 0.717) is 12.2 Å². The van der Waals surface area contributed by atoms with Gasteiger partial charge in [-0.05, 0) is 30.5 Å². The minimum absolute atomic E-state index is 0.0788. The Morgan fingerprint density at radius 1 is 1.12 bits per heavy atom. The molecule has 0 saturated carbocycles. The van der Waals surface area contributed by atoms with Gasteiger partial charge in [0.05, 0.1) is 11.5 Å². The number of rotatable bonds is 5. The Bertz CT molecular complexity index is 723. The molecule has 1 aliphatic heterocycles. The zero-order chi connectivity index (χ0) is 17.6. The molecule has 0 radical (unpaired) electrons. The molecule has 130 valence electrons. The van der Waals surface area contributed by atoms with Crippen molar-refractivity contribution in [2.75, 3.05) is 18.0 Å². The summed E-state index contributed by atoms with van der Waals surface area (Å²) in [4.78, 5) is 29.7. The number of nitrogens with zero attached hydrogens (tertiary/aromatic N) is 2. The number of piperidine rings is 1. The number of esters is 1. The molecule has 6 heteroatoms. The Labute approximate surface area is 146 Å². The highest BCUT2D eigenvalue weighted by Gasteiger charge is 2.26. The molecule has 0 atom stereocenters. The number of benzene rings is 1. The largest absolute Gasteiger partial charge is 0.461 e. The van der Waals surface area contributed by atoms with Gasteiger partial charge >= 0.3 is 5.97 Å². The summed E-state index contributed by atoms with van der Waals surface area (Å²) in [5.41, 5.74) is 6.60. The molecule has 1 amide bonds. The van der Waals surface area contributed by atoms with Crippen LogP contribution in [-0.2, 0) is 16.1 Å². The maximum Gasteiger partial charge on any atom is 0.309 e. The van der Waals surface area contributed by atoms with E-state index < -0.39 is 5.91 Å². The quantitative estimate of drug-likeness (QED) is 0.844. The Kier molecular flexibility index (Phi) is 5.28. The van der Waals surface area contributed by atoms with Gasteiger partial charge in [0.25, 0.3) is 0 Å². The third-order valence-electron chi connectivity index (χ3n) is 4.41. The molecule has 0 unspecified atom stereocenters. The lowest BCUT2D eigenvalue weighted by molar-refractivity contribution is -0.150. The van der Waals surface area contributed by atoms with Gasteiger partial charge in [-0.3, -0.25) is 9.59 Å². The van der Waals surface area contributed by atoms with Crippen molar-refractivity contribution in [3.8, 4) is 0 Å². The van der Waals surface area contributed by atoms with E-state index in [9.17, 15) is 9.59 Å². The molecule has 1 saturated heterocycles. The number of primary amides is 1. The van der Waals surface area contributed by atoms with E-state index in [2.05, 4.69) is 9.88 Å². The van der Waals surface area contributed by atoms with E-state index in [1.807, 2.05) is 30.3 Å². The maximum absolute atomic E-state index is 12.2. The highest BCUT2D eigenvalue weighted by Crippen LogP contribution is 2.23. The first-order valence-corrected chi connectivity index (χ1v) is 8.35. The van der Waals surface area contributed by atoms with Gasteiger partial charge in [0.2, 0.25) is 5.91 Å². The molecule has 1 fully saturated rings. The molecule has 3 rings (SSSR count). The van der Waals surface area contributed by atoms with Gasteiger partial charge in [0.1, 0.15) is 12.4 Å². The van der Waals surface area contributed by atoms with E-state index in [1.54, 1.807) is 12.1 Å². The topological polar surface area (TPSA) is 85.5 Å². The SMILES string of the molecule is NC(=O)c1ccc(N2CCC(C(=O)OCc3ccccc3)CC2)nc1. The van der Waals surface area contributed by atoms with E-state index in [1.165, 1.54) is 6.20 Å². The van der Waals surface area contributed by atoms with Crippen LogP contribution in [0.5, 0.6) is 0 Å². The number of carbonyl (C=O) groups is 2. The van der Waals surface area contributed by atoms with Crippen LogP contribution < -0.4 is 10.6 Å². The third-order valence-corrected chi connectivity index (χ3v) is 4.41. The van der Waals surface area contributed by atoms with E-state index in [-0.39, 0.29) is 11.9 Å². The number of amides is 1. The van der Waals surface area contributed by atoms with Crippen LogP contribution in [0.3, 0.4) is 0 Å². The van der Waals surface area contributed by atoms with Crippen molar-refractivity contribution in [3.05, 3.63) is 59.8 Å². The number of carbonyl (C=O) groups excluding carboxylic acids is 2. The summed E-state index contributed by atoms with van der Waals surface area (Å²) in [5.74, 6) is 0.0883. The van der Waals surface area contributed by atoms with Crippen LogP contribution in [0.1, 0.15) is 28.8 Å². The number of hydrogen-bond acceptors (Lipinski definition) is 5. The second-order valence-corrected chi connectivity index (χ2v) is 6.12. The van der Waals surface area contributed by atoms with Crippen LogP contribution in [0.2, 0.25) is 0 Å². The van der Waals surface area contributed by atoms with Gasteiger partial charge < -0.3 is 15.4 Å². The van der Waals surface area contributed by atoms with Gasteiger partial charge in [-0.1, -0.05) is 30.3 Å². The van der Waals surface area contributed by atoms with Crippen LogP contribution in [0.15, 0.2) is 48.7 Å². The fourth-order valence-corrected chi connectivity index (χ4v) is 2.91. The van der Waals surface area contributed by atoms with E-state index in [4.69, 9.17) is 10.5 Å². The Balaban J connectivity index is 1.49. The van der Waals surface area contributed by atoms with Crippen LogP contribution in [0.25, 0.3) is 0 Å². The van der Waals surface area contributed by atoms with Crippen LogP contribution in [-0.4, -0.2) is 29.9 Å². The summed E-state index contributed by atoms with van der Waals surface area (Å²) < 4.78 is 5.43. The zero-order valence-corrected chi connectivity index (χ0v) is 13.9. The predicted octanol–water partition coefficient (Wildman–Crippen LogP) is 2.14. The lowest BCUT2D eigenvalue weighted by Crippen LogP contribution is -2.37. The summed E-state index contributed by atoms with van der Waals surface area (Å²) in [7, 11) is 0. The first-order chi connectivity index (χ1) is 12.1. The van der Waals surface area contributed by atoms with Gasteiger partial charge in [-0.25, -0.2) is 4.98 Å². The molecule has 0 bridgehead atoms. The van der Waals surface area contributed by atoms with Crippen molar-refractivity contribution in [1.82, 2.24) is 4.98 Å². The molecule has 0 aliphatic carbocycles. The fraction of sp³-hybridized carbons (Fsp3) is 0.316. The first kappa shape index (κ1) is 17.0. The molecule has 1 aliphatic rings. The summed E-state index contributed by atoms with van der Waals surface area (Å²) >= 11 is 0. The van der Waals surface area contributed by atoms with Crippen LogP contribution in [0.4, 0.5) is 5.82 Å². The molecule has 6 nitrogen and oxygen atoms in total. The minimum Gasteiger partial charge on any atom is -0.461 e. The lowest BCUT2D eigenvalue weighted by atomic mass is 9.97. The van der Waals surface area contributed by atoms with Crippen molar-refractivity contribution in [2.45, 2.75) is 19.4 Å². The Morgan fingerprint density at radius 2 is 1.84 bits per heavy atom. The summed E-state index contributed by atoms with van der Waals surface area (Å²) in [6.07, 6.45) is 2.94. The second kappa shape index (κ2) is 7.79. The van der Waals surface area contributed by atoms with Gasteiger partial charge in [0.15, 0.2) is 0 Å². The maximum atomic E-state index is 12.2. The van der Waals surface area contributed by atoms with Crippen LogP contribution in [0, 0.1) is 5.92 Å². The molecule has 2 aromatic rings. The smallest absolute Gasteiger partial charge is 0.309 e. The summed E-state index contributed by atoms with van der Waals surface area (Å²) in [5, 5.41) is 0. The summed E-state index contributed by atoms with van der Waals surface area (Å²) in [6, 6.07) is 13.1. The standard InChI is InChI=1S/C19H21N3O3/c20-18(23)16-6-7-17(21-12-16)22-10-8-15(9-11-22)19(24)25-13-14-4-2-1-3-5-14/h1-7,12,15H,8-11,13H2,(H2,20,23). The van der Waals surface area contributed by atoms with Gasteiger partial charge in [-0.2, -0.15) is 0 Å². The van der Waals surface area contributed by atoms with Gasteiger partial charge in [0, 0.05) is 19.3 Å². The molecular weight excluding hydrogens is 318 g/mol. The average Bonchev–Trinajstić information content (AvgIpc) is 2.67. The molecular formula is C19H21N3O3. The number of aromatic nitrogens is 1. The van der Waals surface area contributed by atoms with Crippen molar-refractivity contribution in [1.29, 1.82) is 0 Å². The number of ether oxygens (including phenoxy) is 1. The lowest BCUT2D eigenvalue weighted by Gasteiger charge is -2.31. The minimum atomic E-state index is -0.487. The second-order valence-electron chi connectivity index (χ2n) is 6.12. The first-order valence-electron chi connectivity index (χ1n) is 8.35. The fourth-order valence-electron chi connectivity index (χ4n) is 2.91. The van der Waals surface area contributed by atoms with Crippen molar-refractivity contribution >= 4 is 17.7 Å². The number of pyridine rings is 1. The van der Waals surface area contributed by atoms with Crippen molar-refractivity contribution in [3.63, 3.8) is 0 Å². The monoisotopic (exact) mass is 339 g/mol. The highest BCUT2D eigenvalue weighted by atomic mass is 16.5. The summed E-state index contributed by atoms with van der Waals surface area (Å²) in [6.45, 7) is 1.78. The predicted molar refractivity (Wildman–Crippen MR) is 93.9 cm³/mol. The third kappa shape index (κ3) is 4.35. The molecule has 2 N–H and O–H groups in total. The Morgan fingerprint density at radius 3 is 2.44 bits per heavy atom. The number of hydrogen-bond donors (Lipinski definition) is 1. The van der Waals surface area contributed by atoms with Crippen LogP contribution >= 0.6 is 0 Å². The number of anilines is 1. The molecule has 25 heavy (non-hydrogen) atoms. The van der Waals surface area contributed by atoms with Gasteiger partial charge in [-0.15, -0.1) is 0 Å². The average molecular weight is 339 g/mol. The Hall–Kier alpha value is -2.89. The van der Waals surface area contributed by atoms with E-state index >= 15 is 0 Å². The highest BCUT2D eigenvalue weighted by molar-refractivity contribution is 5.92. The molecule has 1 aromatic heterocycles. The number of nitrogens with two attached hydrogens (primary N) is 1. The normalized spacial score (nSPS) is 15.0. The van der Waals surface area contributed by atoms with E-state index in [0.717, 1.165) is 37.3 Å². The molecule has 2 heterocycles. The molecule has 0 spiro atoms.